The van der Waals surface area contributed by atoms with Crippen LogP contribution in [0.3, 0.4) is 0 Å². The lowest BCUT2D eigenvalue weighted by Gasteiger charge is -2.65. The highest BCUT2D eigenvalue weighted by molar-refractivity contribution is 6.76. The molecule has 0 spiro atoms. The van der Waals surface area contributed by atoms with Crippen molar-refractivity contribution in [1.29, 1.82) is 0 Å². The Balaban J connectivity index is 4.12. The minimum atomic E-state index is -2.51. The summed E-state index contributed by atoms with van der Waals surface area (Å²) in [7, 11) is 0. The zero-order chi connectivity index (χ0) is 23.5. The Morgan fingerprint density at radius 3 is 0.931 bits per heavy atom. The van der Waals surface area contributed by atoms with Gasteiger partial charge in [-0.2, -0.15) is 0 Å². The number of hydrogen-bond donors (Lipinski definition) is 3. The molecule has 1 aliphatic rings. The van der Waals surface area contributed by atoms with Crippen LogP contribution in [0.5, 0.6) is 0 Å². The summed E-state index contributed by atoms with van der Waals surface area (Å²) >= 11 is 93.1. The Kier molecular flexibility index (Phi) is 10.3. The Morgan fingerprint density at radius 2 is 0.759 bits per heavy atom. The summed E-state index contributed by atoms with van der Waals surface area (Å²) in [5.74, 6) is 0. The zero-order valence-electron chi connectivity index (χ0n) is 13.6. The fraction of sp³-hybridized carbons (Fsp3) is 1.00. The minimum Gasteiger partial charge on any atom is -0.270 e. The average molecular weight is 716 g/mol. The topological polar surface area (TPSA) is 36.1 Å². The van der Waals surface area contributed by atoms with Crippen LogP contribution in [0.4, 0.5) is 0 Å². The highest BCUT2D eigenvalue weighted by Gasteiger charge is 2.78. The van der Waals surface area contributed by atoms with Crippen molar-refractivity contribution >= 4 is 174 Å². The molecule has 3 N–H and O–H groups in total. The van der Waals surface area contributed by atoms with E-state index in [0.29, 0.717) is 6.42 Å². The Morgan fingerprint density at radius 1 is 0.483 bits per heavy atom. The van der Waals surface area contributed by atoms with Crippen LogP contribution in [0.2, 0.25) is 0 Å². The molecule has 0 aromatic heterocycles. The molecule has 29 heavy (non-hydrogen) atoms. The van der Waals surface area contributed by atoms with Crippen LogP contribution in [0.1, 0.15) is 19.8 Å². The predicted molar refractivity (Wildman–Crippen MR) is 134 cm³/mol. The Labute approximate surface area is 243 Å². The van der Waals surface area contributed by atoms with Gasteiger partial charge in [-0.3, -0.25) is 16.0 Å². The molecule has 0 amide bonds. The normalized spacial score (nSPS) is 23.2. The molecule has 1 aliphatic heterocycles. The fourth-order valence-corrected chi connectivity index (χ4v) is 6.96. The first-order chi connectivity index (χ1) is 12.4. The molecule has 18 heteroatoms. The number of alkyl halides is 15. The van der Waals surface area contributed by atoms with Crippen LogP contribution >= 0.6 is 174 Å². The summed E-state index contributed by atoms with van der Waals surface area (Å²) in [4.78, 5) is 0. The van der Waals surface area contributed by atoms with Gasteiger partial charge in [-0.25, -0.2) is 0 Å². The van der Waals surface area contributed by atoms with Gasteiger partial charge in [-0.1, -0.05) is 187 Å². The number of hydrogen-bond acceptors (Lipinski definition) is 3. The first kappa shape index (κ1) is 31.3. The van der Waals surface area contributed by atoms with Gasteiger partial charge < -0.3 is 0 Å². The second kappa shape index (κ2) is 9.60. The van der Waals surface area contributed by atoms with Crippen molar-refractivity contribution in [3.8, 4) is 0 Å². The van der Waals surface area contributed by atoms with Crippen molar-refractivity contribution in [2.45, 2.75) is 55.7 Å². The first-order valence-electron chi connectivity index (χ1n) is 7.15. The summed E-state index contributed by atoms with van der Waals surface area (Å²) in [6, 6.07) is 0. The molecule has 1 saturated heterocycles. The molecule has 0 radical (unpaired) electrons. The molecular weight excluding hydrogens is 706 g/mol. The summed E-state index contributed by atoms with van der Waals surface area (Å²) in [5.41, 5.74) is -6.79. The van der Waals surface area contributed by atoms with Gasteiger partial charge in [-0.15, -0.1) is 0 Å². The zero-order valence-corrected chi connectivity index (χ0v) is 24.9. The maximum atomic E-state index is 6.26. The molecule has 0 aromatic carbocycles. The van der Waals surface area contributed by atoms with Crippen molar-refractivity contribution in [3.05, 3.63) is 0 Å². The molecule has 0 unspecified atom stereocenters. The highest BCUT2D eigenvalue weighted by atomic mass is 35.6. The Bertz CT molecular complexity index is 525. The number of halogens is 15. The summed E-state index contributed by atoms with van der Waals surface area (Å²) in [6.07, 6.45) is 0.344. The van der Waals surface area contributed by atoms with Gasteiger partial charge in [0.05, 0.1) is 0 Å². The molecule has 0 aromatic rings. The quantitative estimate of drug-likeness (QED) is 0.251. The van der Waals surface area contributed by atoms with E-state index >= 15 is 0 Å². The van der Waals surface area contributed by atoms with Crippen molar-refractivity contribution < 1.29 is 0 Å². The van der Waals surface area contributed by atoms with E-state index in [4.69, 9.17) is 174 Å². The second-order valence-corrected chi connectivity index (χ2v) is 17.4. The molecular formula is C11H10Cl15N3. The van der Waals surface area contributed by atoms with Crippen LogP contribution in [0.25, 0.3) is 0 Å². The van der Waals surface area contributed by atoms with Gasteiger partial charge >= 0.3 is 0 Å². The van der Waals surface area contributed by atoms with E-state index in [1.54, 1.807) is 6.92 Å². The van der Waals surface area contributed by atoms with Crippen LogP contribution in [-0.4, -0.2) is 36.0 Å². The minimum absolute atomic E-state index is 0.0162. The van der Waals surface area contributed by atoms with Gasteiger partial charge in [0.25, 0.3) is 0 Å². The highest BCUT2D eigenvalue weighted by Crippen LogP contribution is 2.61. The molecule has 0 aliphatic carbocycles. The van der Waals surface area contributed by atoms with Crippen molar-refractivity contribution in [1.82, 2.24) is 16.0 Å². The summed E-state index contributed by atoms with van der Waals surface area (Å²) < 4.78 is -12.3. The molecule has 1 fully saturated rings. The third-order valence-electron chi connectivity index (χ3n) is 3.99. The van der Waals surface area contributed by atoms with E-state index in [1.165, 1.54) is 0 Å². The average Bonchev–Trinajstić information content (AvgIpc) is 2.41. The largest absolute Gasteiger partial charge is 0.270 e. The van der Waals surface area contributed by atoms with Crippen molar-refractivity contribution in [3.63, 3.8) is 0 Å². The maximum absolute atomic E-state index is 6.26. The van der Waals surface area contributed by atoms with Crippen molar-refractivity contribution in [2.24, 2.45) is 0 Å². The lowest BCUT2D eigenvalue weighted by molar-refractivity contribution is -0.00936. The van der Waals surface area contributed by atoms with Crippen LogP contribution in [0, 0.1) is 0 Å². The summed E-state index contributed by atoms with van der Waals surface area (Å²) in [5, 5.41) is 8.02. The fourth-order valence-electron chi connectivity index (χ4n) is 2.69. The predicted octanol–water partition coefficient (Wildman–Crippen LogP) is 8.51. The van der Waals surface area contributed by atoms with E-state index < -0.39 is 36.0 Å². The van der Waals surface area contributed by atoms with Gasteiger partial charge in [0.2, 0.25) is 19.0 Å². The lowest BCUT2D eigenvalue weighted by Crippen LogP contribution is -2.96. The molecule has 174 valence electrons. The monoisotopic (exact) mass is 709 g/mol. The van der Waals surface area contributed by atoms with Crippen LogP contribution < -0.4 is 16.0 Å². The molecule has 1 heterocycles. The van der Waals surface area contributed by atoms with E-state index in [1.807, 2.05) is 0 Å². The van der Waals surface area contributed by atoms with E-state index in [9.17, 15) is 0 Å². The van der Waals surface area contributed by atoms with Crippen molar-refractivity contribution in [2.75, 3.05) is 0 Å². The summed E-state index contributed by atoms with van der Waals surface area (Å²) in [6.45, 7) is 1.74. The second-order valence-electron chi connectivity index (χ2n) is 6.02. The molecule has 1 rings (SSSR count). The first-order valence-corrected chi connectivity index (χ1v) is 12.8. The van der Waals surface area contributed by atoms with E-state index in [0.717, 1.165) is 0 Å². The molecule has 0 saturated carbocycles. The molecule has 0 bridgehead atoms. The third kappa shape index (κ3) is 5.81. The third-order valence-corrected chi connectivity index (χ3v) is 8.36. The Hall–Kier alpha value is 4.23. The molecule has 3 nitrogen and oxygen atoms in total. The smallest absolute Gasteiger partial charge is 0.225 e. The van der Waals surface area contributed by atoms with Gasteiger partial charge in [0.1, 0.15) is 5.66 Å². The van der Waals surface area contributed by atoms with E-state index in [-0.39, 0.29) is 6.42 Å². The number of rotatable bonds is 2. The van der Waals surface area contributed by atoms with Crippen LogP contribution in [0.15, 0.2) is 0 Å². The van der Waals surface area contributed by atoms with Gasteiger partial charge in [-0.05, 0) is 6.42 Å². The van der Waals surface area contributed by atoms with Gasteiger partial charge in [0, 0.05) is 0 Å². The van der Waals surface area contributed by atoms with Crippen LogP contribution in [-0.2, 0) is 0 Å². The van der Waals surface area contributed by atoms with E-state index in [2.05, 4.69) is 16.0 Å². The maximum Gasteiger partial charge on any atom is 0.225 e. The SMILES string of the molecule is CCCC1(C(Cl)(Cl)Cl)NC(C(Cl)(Cl)Cl)(C(Cl)(Cl)Cl)NC(C(Cl)(Cl)Cl)(C(Cl)(Cl)Cl)N1. The molecule has 0 atom stereocenters. The van der Waals surface area contributed by atoms with Gasteiger partial charge in [0.15, 0.2) is 11.3 Å². The lowest BCUT2D eigenvalue weighted by atomic mass is 9.94. The standard InChI is InChI=1S/C11H10Cl15N3/c1-2-3-4(7(12,13)14)27-5(8(15,16)17,9(18,19)20)29-6(28-4,10(21,22)23)11(24,25)26/h27-29H,2-3H2,1H3. The number of nitrogens with one attached hydrogen (secondary N) is 3.